The zero-order valence-electron chi connectivity index (χ0n) is 14.8. The van der Waals surface area contributed by atoms with Crippen molar-refractivity contribution in [3.63, 3.8) is 0 Å². The summed E-state index contributed by atoms with van der Waals surface area (Å²) in [7, 11) is 0. The minimum absolute atomic E-state index is 0.0877. The highest BCUT2D eigenvalue weighted by Gasteiger charge is 2.29. The predicted molar refractivity (Wildman–Crippen MR) is 89.8 cm³/mol. The molecule has 1 unspecified atom stereocenters. The van der Waals surface area contributed by atoms with E-state index < -0.39 is 42.0 Å². The maximum absolute atomic E-state index is 13.8. The Kier molecular flexibility index (Phi) is 5.87. The lowest BCUT2D eigenvalue weighted by Crippen LogP contribution is -2.34. The number of rotatable bonds is 5. The third kappa shape index (κ3) is 5.05. The molecular weight excluding hydrogens is 368 g/mol. The molecule has 0 fully saturated rings. The number of nitrogens with zero attached hydrogens (tertiary/aromatic N) is 2. The Morgan fingerprint density at radius 2 is 1.93 bits per heavy atom. The Hall–Kier alpha value is -2.91. The van der Waals surface area contributed by atoms with Gasteiger partial charge >= 0.3 is 6.18 Å². The molecule has 2 aromatic rings. The summed E-state index contributed by atoms with van der Waals surface area (Å²) in [5.74, 6) is -2.48. The number of aromatic nitrogens is 2. The van der Waals surface area contributed by atoms with Gasteiger partial charge < -0.3 is 10.6 Å². The number of hydrogen-bond donors (Lipinski definition) is 2. The van der Waals surface area contributed by atoms with Crippen LogP contribution in [0.25, 0.3) is 0 Å². The molecule has 1 atom stereocenters. The van der Waals surface area contributed by atoms with Gasteiger partial charge in [0.25, 0.3) is 5.91 Å². The second kappa shape index (κ2) is 7.77. The van der Waals surface area contributed by atoms with Crippen LogP contribution in [0.5, 0.6) is 0 Å². The molecule has 1 aromatic heterocycles. The Morgan fingerprint density at radius 3 is 2.48 bits per heavy atom. The fourth-order valence-electron chi connectivity index (χ4n) is 2.38. The first-order chi connectivity index (χ1) is 12.5. The number of benzene rings is 1. The minimum Gasteiger partial charge on any atom is -0.343 e. The molecule has 0 bridgehead atoms. The Bertz CT molecular complexity index is 861. The molecule has 10 heteroatoms. The Labute approximate surface area is 152 Å². The van der Waals surface area contributed by atoms with E-state index in [0.717, 1.165) is 11.8 Å². The quantitative estimate of drug-likeness (QED) is 0.776. The average Bonchev–Trinajstić information content (AvgIpc) is 3.00. The number of hydrogen-bond acceptors (Lipinski definition) is 3. The van der Waals surface area contributed by atoms with Crippen molar-refractivity contribution < 1.29 is 27.2 Å². The molecule has 1 heterocycles. The smallest absolute Gasteiger partial charge is 0.343 e. The van der Waals surface area contributed by atoms with Crippen molar-refractivity contribution in [1.29, 1.82) is 0 Å². The molecule has 1 aromatic carbocycles. The molecule has 0 spiro atoms. The van der Waals surface area contributed by atoms with Crippen LogP contribution in [0.2, 0.25) is 0 Å². The lowest BCUT2D eigenvalue weighted by Gasteiger charge is -2.17. The third-order valence-electron chi connectivity index (χ3n) is 3.87. The van der Waals surface area contributed by atoms with E-state index >= 15 is 0 Å². The van der Waals surface area contributed by atoms with E-state index in [-0.39, 0.29) is 11.3 Å². The highest BCUT2D eigenvalue weighted by atomic mass is 19.4. The van der Waals surface area contributed by atoms with Gasteiger partial charge in [0.05, 0.1) is 11.3 Å². The topological polar surface area (TPSA) is 76.0 Å². The Morgan fingerprint density at radius 1 is 1.26 bits per heavy atom. The average molecular weight is 386 g/mol. The first kappa shape index (κ1) is 20.4. The van der Waals surface area contributed by atoms with E-state index in [0.29, 0.717) is 0 Å². The molecule has 2 N–H and O–H groups in total. The predicted octanol–water partition coefficient (Wildman–Crippen LogP) is 3.13. The van der Waals surface area contributed by atoms with Crippen LogP contribution >= 0.6 is 0 Å². The summed E-state index contributed by atoms with van der Waals surface area (Å²) in [6.45, 7) is 3.14. The van der Waals surface area contributed by atoms with Crippen LogP contribution in [0, 0.1) is 19.7 Å². The molecule has 0 radical (unpaired) electrons. The van der Waals surface area contributed by atoms with Crippen molar-refractivity contribution in [3.05, 3.63) is 47.0 Å². The molecule has 0 saturated carbocycles. The highest BCUT2D eigenvalue weighted by molar-refractivity contribution is 6.04. The van der Waals surface area contributed by atoms with Gasteiger partial charge in [-0.2, -0.15) is 18.3 Å². The van der Waals surface area contributed by atoms with Crippen LogP contribution in [0.4, 0.5) is 23.2 Å². The molecule has 0 aliphatic rings. The first-order valence-electron chi connectivity index (χ1n) is 7.95. The van der Waals surface area contributed by atoms with Gasteiger partial charge in [0.1, 0.15) is 18.4 Å². The zero-order valence-corrected chi connectivity index (χ0v) is 14.8. The van der Waals surface area contributed by atoms with Gasteiger partial charge in [-0.05, 0) is 44.5 Å². The van der Waals surface area contributed by atoms with Gasteiger partial charge in [-0.1, -0.05) is 0 Å². The van der Waals surface area contributed by atoms with Gasteiger partial charge in [-0.25, -0.2) is 4.39 Å². The number of anilines is 1. The minimum atomic E-state index is -4.62. The summed E-state index contributed by atoms with van der Waals surface area (Å²) in [6.07, 6.45) is -3.11. The van der Waals surface area contributed by atoms with Crippen LogP contribution in [-0.2, 0) is 4.79 Å². The van der Waals surface area contributed by atoms with Gasteiger partial charge in [-0.15, -0.1) is 0 Å². The number of alkyl halides is 3. The van der Waals surface area contributed by atoms with Gasteiger partial charge in [0, 0.05) is 11.9 Å². The van der Waals surface area contributed by atoms with E-state index in [1.54, 1.807) is 25.2 Å². The molecule has 0 aliphatic carbocycles. The molecular formula is C17H18F4N4O2. The number of aryl methyl sites for hydroxylation is 2. The summed E-state index contributed by atoms with van der Waals surface area (Å²) >= 11 is 0. The number of halogens is 4. The molecule has 0 saturated heterocycles. The maximum Gasteiger partial charge on any atom is 0.405 e. The van der Waals surface area contributed by atoms with Crippen LogP contribution in [0.3, 0.4) is 0 Å². The van der Waals surface area contributed by atoms with E-state index in [1.807, 2.05) is 0 Å². The van der Waals surface area contributed by atoms with Crippen LogP contribution in [0.15, 0.2) is 24.4 Å². The zero-order chi connectivity index (χ0) is 20.4. The van der Waals surface area contributed by atoms with Crippen molar-refractivity contribution in [2.45, 2.75) is 33.0 Å². The normalized spacial score (nSPS) is 12.6. The number of nitrogens with one attached hydrogen (secondary N) is 2. The monoisotopic (exact) mass is 386 g/mol. The number of amides is 2. The van der Waals surface area contributed by atoms with Crippen molar-refractivity contribution >= 4 is 17.5 Å². The van der Waals surface area contributed by atoms with E-state index in [9.17, 15) is 27.2 Å². The van der Waals surface area contributed by atoms with E-state index in [4.69, 9.17) is 0 Å². The molecule has 146 valence electrons. The van der Waals surface area contributed by atoms with Gasteiger partial charge in [-0.3, -0.25) is 14.3 Å². The van der Waals surface area contributed by atoms with Crippen LogP contribution in [-0.4, -0.2) is 34.3 Å². The summed E-state index contributed by atoms with van der Waals surface area (Å²) in [5, 5.41) is 8.14. The molecule has 2 amide bonds. The lowest BCUT2D eigenvalue weighted by atomic mass is 10.1. The van der Waals surface area contributed by atoms with Gasteiger partial charge in [0.2, 0.25) is 5.91 Å². The van der Waals surface area contributed by atoms with Crippen molar-refractivity contribution in [3.8, 4) is 0 Å². The SMILES string of the molecule is Cc1cc(NC(=O)C(C)n2nccc2C)c(C(=O)NCC(F)(F)F)cc1F. The van der Waals surface area contributed by atoms with Crippen molar-refractivity contribution in [1.82, 2.24) is 15.1 Å². The summed E-state index contributed by atoms with van der Waals surface area (Å²) in [5.41, 5.74) is 0.354. The number of carbonyl (C=O) groups excluding carboxylic acids is 2. The highest BCUT2D eigenvalue weighted by Crippen LogP contribution is 2.23. The summed E-state index contributed by atoms with van der Waals surface area (Å²) in [4.78, 5) is 24.5. The summed E-state index contributed by atoms with van der Waals surface area (Å²) < 4.78 is 52.2. The first-order valence-corrected chi connectivity index (χ1v) is 7.95. The van der Waals surface area contributed by atoms with Crippen LogP contribution < -0.4 is 10.6 Å². The Balaban J connectivity index is 2.27. The van der Waals surface area contributed by atoms with Crippen LogP contribution in [0.1, 0.15) is 34.6 Å². The van der Waals surface area contributed by atoms with Crippen molar-refractivity contribution in [2.75, 3.05) is 11.9 Å². The largest absolute Gasteiger partial charge is 0.405 e. The maximum atomic E-state index is 13.8. The molecule has 27 heavy (non-hydrogen) atoms. The standard InChI is InChI=1S/C17H18F4N4O2/c1-9-6-14(24-15(26)11(3)25-10(2)4-5-23-25)12(7-13(9)18)16(27)22-8-17(19,20)21/h4-7,11H,8H2,1-3H3,(H,22,27)(H,24,26). The second-order valence-corrected chi connectivity index (χ2v) is 6.03. The molecule has 6 nitrogen and oxygen atoms in total. The molecule has 2 rings (SSSR count). The van der Waals surface area contributed by atoms with Gasteiger partial charge in [0.15, 0.2) is 0 Å². The van der Waals surface area contributed by atoms with E-state index in [2.05, 4.69) is 10.4 Å². The summed E-state index contributed by atoms with van der Waals surface area (Å²) in [6, 6.07) is 2.93. The fourth-order valence-corrected chi connectivity index (χ4v) is 2.38. The third-order valence-corrected chi connectivity index (χ3v) is 3.87. The lowest BCUT2D eigenvalue weighted by molar-refractivity contribution is -0.123. The number of carbonyl (C=O) groups is 2. The second-order valence-electron chi connectivity index (χ2n) is 6.03. The fraction of sp³-hybridized carbons (Fsp3) is 0.353. The molecule has 0 aliphatic heterocycles. The van der Waals surface area contributed by atoms with Crippen molar-refractivity contribution in [2.24, 2.45) is 0 Å². The van der Waals surface area contributed by atoms with E-state index in [1.165, 1.54) is 23.9 Å².